The van der Waals surface area contributed by atoms with Gasteiger partial charge in [0.1, 0.15) is 5.82 Å². The molecule has 0 fully saturated rings. The van der Waals surface area contributed by atoms with Crippen molar-refractivity contribution in [3.8, 4) is 0 Å². The lowest BCUT2D eigenvalue weighted by Crippen LogP contribution is -1.94. The van der Waals surface area contributed by atoms with Crippen molar-refractivity contribution in [3.05, 3.63) is 29.1 Å². The van der Waals surface area contributed by atoms with Crippen molar-refractivity contribution >= 4 is 5.69 Å². The maximum atomic E-state index is 13.2. The van der Waals surface area contributed by atoms with Crippen LogP contribution in [0.2, 0.25) is 0 Å². The molecule has 1 nitrogen and oxygen atoms in total. The number of anilines is 1. The molecule has 0 bridgehead atoms. The van der Waals surface area contributed by atoms with Gasteiger partial charge in [-0.05, 0) is 24.5 Å². The Kier molecular flexibility index (Phi) is 1.34. The van der Waals surface area contributed by atoms with Gasteiger partial charge < -0.3 is 5.32 Å². The maximum absolute atomic E-state index is 13.2. The van der Waals surface area contributed by atoms with Crippen LogP contribution in [0.4, 0.5) is 10.1 Å². The first-order valence-corrected chi connectivity index (χ1v) is 3.81. The van der Waals surface area contributed by atoms with Gasteiger partial charge in [-0.15, -0.1) is 0 Å². The van der Waals surface area contributed by atoms with Gasteiger partial charge in [-0.25, -0.2) is 4.39 Å². The molecule has 0 spiro atoms. The number of hydrogen-bond acceptors (Lipinski definition) is 1. The zero-order chi connectivity index (χ0) is 7.84. The monoisotopic (exact) mass is 151 g/mol. The second-order valence-corrected chi connectivity index (χ2v) is 2.91. The summed E-state index contributed by atoms with van der Waals surface area (Å²) in [5, 5.41) is 3.03. The van der Waals surface area contributed by atoms with Crippen molar-refractivity contribution in [2.75, 3.05) is 11.9 Å². The largest absolute Gasteiger partial charge is 0.382 e. The average molecular weight is 151 g/mol. The van der Waals surface area contributed by atoms with E-state index in [1.165, 1.54) is 0 Å². The summed E-state index contributed by atoms with van der Waals surface area (Å²) < 4.78 is 13.2. The Hall–Kier alpha value is -1.05. The highest BCUT2D eigenvalue weighted by molar-refractivity contribution is 5.58. The van der Waals surface area contributed by atoms with Gasteiger partial charge in [0.05, 0.1) is 5.69 Å². The van der Waals surface area contributed by atoms with Crippen LogP contribution < -0.4 is 5.32 Å². The van der Waals surface area contributed by atoms with Crippen LogP contribution in [-0.4, -0.2) is 6.54 Å². The Morgan fingerprint density at radius 1 is 1.45 bits per heavy atom. The molecule has 0 amide bonds. The topological polar surface area (TPSA) is 12.0 Å². The highest BCUT2D eigenvalue weighted by Crippen LogP contribution is 2.26. The van der Waals surface area contributed by atoms with Crippen LogP contribution in [0.1, 0.15) is 11.1 Å². The van der Waals surface area contributed by atoms with Crippen LogP contribution in [0.3, 0.4) is 0 Å². The Morgan fingerprint density at radius 2 is 2.27 bits per heavy atom. The van der Waals surface area contributed by atoms with E-state index in [2.05, 4.69) is 5.32 Å². The van der Waals surface area contributed by atoms with Crippen molar-refractivity contribution < 1.29 is 4.39 Å². The molecular formula is C9H10FN. The molecule has 0 aliphatic carbocycles. The average Bonchev–Trinajstić information content (AvgIpc) is 2.45. The zero-order valence-corrected chi connectivity index (χ0v) is 6.45. The van der Waals surface area contributed by atoms with Crippen LogP contribution in [0.25, 0.3) is 0 Å². The van der Waals surface area contributed by atoms with Gasteiger partial charge in [-0.2, -0.15) is 0 Å². The number of benzene rings is 1. The van der Waals surface area contributed by atoms with Gasteiger partial charge in [-0.3, -0.25) is 0 Å². The first-order chi connectivity index (χ1) is 5.29. The molecule has 2 heteroatoms. The fourth-order valence-electron chi connectivity index (χ4n) is 1.44. The minimum atomic E-state index is -0.0833. The summed E-state index contributed by atoms with van der Waals surface area (Å²) in [5.74, 6) is -0.0833. The molecule has 1 heterocycles. The zero-order valence-electron chi connectivity index (χ0n) is 6.45. The predicted octanol–water partition coefficient (Wildman–Crippen LogP) is 2.10. The first-order valence-electron chi connectivity index (χ1n) is 3.81. The van der Waals surface area contributed by atoms with Gasteiger partial charge in [0.15, 0.2) is 0 Å². The number of halogens is 1. The lowest BCUT2D eigenvalue weighted by atomic mass is 10.1. The van der Waals surface area contributed by atoms with Crippen molar-refractivity contribution in [2.45, 2.75) is 13.3 Å². The second kappa shape index (κ2) is 2.22. The quantitative estimate of drug-likeness (QED) is 0.598. The third-order valence-corrected chi connectivity index (χ3v) is 2.12. The van der Waals surface area contributed by atoms with E-state index < -0.39 is 0 Å². The fourth-order valence-corrected chi connectivity index (χ4v) is 1.44. The van der Waals surface area contributed by atoms with Gasteiger partial charge in [-0.1, -0.05) is 12.1 Å². The molecule has 1 aromatic rings. The Morgan fingerprint density at radius 3 is 3.09 bits per heavy atom. The SMILES string of the molecule is Cc1ccc2c(c1F)NCC2. The highest BCUT2D eigenvalue weighted by Gasteiger charge is 2.14. The van der Waals surface area contributed by atoms with E-state index in [-0.39, 0.29) is 5.82 Å². The molecule has 0 saturated carbocycles. The van der Waals surface area contributed by atoms with Crippen molar-refractivity contribution in [2.24, 2.45) is 0 Å². The van der Waals surface area contributed by atoms with Crippen LogP contribution in [0.15, 0.2) is 12.1 Å². The molecule has 0 saturated heterocycles. The Labute approximate surface area is 65.2 Å². The molecule has 0 unspecified atom stereocenters. The minimum absolute atomic E-state index is 0.0833. The van der Waals surface area contributed by atoms with Crippen LogP contribution in [-0.2, 0) is 6.42 Å². The normalized spacial score (nSPS) is 14.4. The van der Waals surface area contributed by atoms with Gasteiger partial charge in [0.25, 0.3) is 0 Å². The van der Waals surface area contributed by atoms with E-state index in [0.717, 1.165) is 24.1 Å². The molecule has 2 rings (SSSR count). The molecule has 1 aliphatic rings. The van der Waals surface area contributed by atoms with Crippen molar-refractivity contribution in [1.29, 1.82) is 0 Å². The van der Waals surface area contributed by atoms with Crippen molar-refractivity contribution in [1.82, 2.24) is 0 Å². The summed E-state index contributed by atoms with van der Waals surface area (Å²) in [6.07, 6.45) is 0.951. The predicted molar refractivity (Wildman–Crippen MR) is 43.3 cm³/mol. The van der Waals surface area contributed by atoms with Crippen LogP contribution in [0, 0.1) is 12.7 Å². The van der Waals surface area contributed by atoms with Crippen LogP contribution in [0.5, 0.6) is 0 Å². The summed E-state index contributed by atoms with van der Waals surface area (Å²) in [5.41, 5.74) is 2.54. The van der Waals surface area contributed by atoms with E-state index in [0.29, 0.717) is 5.69 Å². The number of nitrogens with one attached hydrogen (secondary N) is 1. The van der Waals surface area contributed by atoms with E-state index in [4.69, 9.17) is 0 Å². The first kappa shape index (κ1) is 6.65. The van der Waals surface area contributed by atoms with Crippen molar-refractivity contribution in [3.63, 3.8) is 0 Å². The lowest BCUT2D eigenvalue weighted by molar-refractivity contribution is 0.622. The number of fused-ring (bicyclic) bond motifs is 1. The van der Waals surface area contributed by atoms with E-state index in [9.17, 15) is 4.39 Å². The smallest absolute Gasteiger partial charge is 0.149 e. The number of hydrogen-bond donors (Lipinski definition) is 1. The van der Waals surface area contributed by atoms with E-state index in [1.54, 1.807) is 6.92 Å². The molecule has 1 N–H and O–H groups in total. The molecule has 0 atom stereocenters. The number of rotatable bonds is 0. The third kappa shape index (κ3) is 0.897. The summed E-state index contributed by atoms with van der Waals surface area (Å²) in [6, 6.07) is 3.83. The highest BCUT2D eigenvalue weighted by atomic mass is 19.1. The Bertz CT molecular complexity index is 294. The summed E-state index contributed by atoms with van der Waals surface area (Å²) in [7, 11) is 0. The third-order valence-electron chi connectivity index (χ3n) is 2.12. The molecule has 0 radical (unpaired) electrons. The summed E-state index contributed by atoms with van der Waals surface area (Å²) in [6.45, 7) is 2.66. The molecule has 1 aliphatic heterocycles. The van der Waals surface area contributed by atoms with Gasteiger partial charge >= 0.3 is 0 Å². The summed E-state index contributed by atoms with van der Waals surface area (Å²) in [4.78, 5) is 0. The fraction of sp³-hybridized carbons (Fsp3) is 0.333. The molecular weight excluding hydrogens is 141 g/mol. The standard InChI is InChI=1S/C9H10FN/c1-6-2-3-7-4-5-11-9(7)8(6)10/h2-3,11H,4-5H2,1H3. The van der Waals surface area contributed by atoms with Gasteiger partial charge in [0, 0.05) is 6.54 Å². The molecule has 11 heavy (non-hydrogen) atoms. The molecule has 58 valence electrons. The van der Waals surface area contributed by atoms with Crippen LogP contribution >= 0.6 is 0 Å². The lowest BCUT2D eigenvalue weighted by Gasteiger charge is -2.02. The van der Waals surface area contributed by atoms with Gasteiger partial charge in [0.2, 0.25) is 0 Å². The Balaban J connectivity index is 2.62. The minimum Gasteiger partial charge on any atom is -0.382 e. The van der Waals surface area contributed by atoms with E-state index >= 15 is 0 Å². The number of aryl methyl sites for hydroxylation is 1. The second-order valence-electron chi connectivity index (χ2n) is 2.91. The van der Waals surface area contributed by atoms with E-state index in [1.807, 2.05) is 12.1 Å². The molecule has 0 aromatic heterocycles. The summed E-state index contributed by atoms with van der Waals surface area (Å²) >= 11 is 0. The molecule has 1 aromatic carbocycles. The maximum Gasteiger partial charge on any atom is 0.149 e.